The van der Waals surface area contributed by atoms with Gasteiger partial charge in [-0.15, -0.1) is 0 Å². The van der Waals surface area contributed by atoms with Gasteiger partial charge in [0.15, 0.2) is 0 Å². The van der Waals surface area contributed by atoms with Gasteiger partial charge in [0.1, 0.15) is 5.75 Å². The van der Waals surface area contributed by atoms with E-state index in [0.29, 0.717) is 17.7 Å². The van der Waals surface area contributed by atoms with Gasteiger partial charge in [0.05, 0.1) is 11.8 Å². The Hall–Kier alpha value is -2.95. The summed E-state index contributed by atoms with van der Waals surface area (Å²) in [5, 5.41) is 4.05. The van der Waals surface area contributed by atoms with Crippen molar-refractivity contribution >= 4 is 18.1 Å². The Morgan fingerprint density at radius 3 is 1.87 bits per heavy atom. The predicted octanol–water partition coefficient (Wildman–Crippen LogP) is 8.93. The normalized spacial score (nSPS) is 11.1. The molecule has 2 rings (SSSR count). The van der Waals surface area contributed by atoms with Crippen molar-refractivity contribution in [2.24, 2.45) is 5.10 Å². The molecule has 5 nitrogen and oxygen atoms in total. The molecule has 38 heavy (non-hydrogen) atoms. The molecule has 1 amide bonds. The van der Waals surface area contributed by atoms with Crippen molar-refractivity contribution in [2.75, 3.05) is 0 Å². The highest BCUT2D eigenvalue weighted by atomic mass is 16.5. The summed E-state index contributed by atoms with van der Waals surface area (Å²) in [6.45, 7) is 4.21. The van der Waals surface area contributed by atoms with Crippen LogP contribution in [0.5, 0.6) is 5.75 Å². The Labute approximate surface area is 230 Å². The van der Waals surface area contributed by atoms with Gasteiger partial charge in [-0.05, 0) is 55.3 Å². The molecule has 0 aliphatic carbocycles. The van der Waals surface area contributed by atoms with Crippen LogP contribution in [-0.4, -0.2) is 18.1 Å². The van der Waals surface area contributed by atoms with E-state index in [9.17, 15) is 9.59 Å². The Bertz CT molecular complexity index is 953. The van der Waals surface area contributed by atoms with Gasteiger partial charge in [0.25, 0.3) is 0 Å². The third-order valence-electron chi connectivity index (χ3n) is 6.75. The smallest absolute Gasteiger partial charge is 0.343 e. The number of amides is 1. The second-order valence-corrected chi connectivity index (χ2v) is 10.3. The first kappa shape index (κ1) is 31.3. The maximum absolute atomic E-state index is 12.3. The van der Waals surface area contributed by atoms with Crippen molar-refractivity contribution in [1.29, 1.82) is 0 Å². The van der Waals surface area contributed by atoms with Gasteiger partial charge in [-0.1, -0.05) is 115 Å². The summed E-state index contributed by atoms with van der Waals surface area (Å²) in [5.74, 6) is 0.0201. The van der Waals surface area contributed by atoms with Gasteiger partial charge >= 0.3 is 5.97 Å². The van der Waals surface area contributed by atoms with Crippen LogP contribution in [0.2, 0.25) is 0 Å². The summed E-state index contributed by atoms with van der Waals surface area (Å²) in [6, 6.07) is 14.3. The van der Waals surface area contributed by atoms with Gasteiger partial charge in [0, 0.05) is 6.42 Å². The molecule has 0 saturated carbocycles. The highest BCUT2D eigenvalue weighted by Crippen LogP contribution is 2.15. The fourth-order valence-corrected chi connectivity index (χ4v) is 4.45. The second kappa shape index (κ2) is 20.1. The van der Waals surface area contributed by atoms with E-state index in [0.717, 1.165) is 24.0 Å². The summed E-state index contributed by atoms with van der Waals surface area (Å²) in [7, 11) is 0. The molecular formula is C33H48N2O3. The van der Waals surface area contributed by atoms with E-state index in [-0.39, 0.29) is 11.9 Å². The minimum Gasteiger partial charge on any atom is -0.423 e. The molecule has 0 bridgehead atoms. The van der Waals surface area contributed by atoms with E-state index in [1.807, 2.05) is 19.1 Å². The zero-order valence-corrected chi connectivity index (χ0v) is 23.7. The number of hydrogen-bond acceptors (Lipinski definition) is 4. The molecule has 0 aromatic heterocycles. The first-order chi connectivity index (χ1) is 18.6. The van der Waals surface area contributed by atoms with Crippen LogP contribution >= 0.6 is 0 Å². The van der Waals surface area contributed by atoms with E-state index in [4.69, 9.17) is 4.74 Å². The van der Waals surface area contributed by atoms with Crippen molar-refractivity contribution in [3.8, 4) is 5.75 Å². The highest BCUT2D eigenvalue weighted by Gasteiger charge is 2.08. The number of unbranched alkanes of at least 4 members (excludes halogenated alkanes) is 14. The number of hydrazone groups is 1. The van der Waals surface area contributed by atoms with Gasteiger partial charge in [-0.25, -0.2) is 10.2 Å². The van der Waals surface area contributed by atoms with Crippen LogP contribution in [0.15, 0.2) is 53.6 Å². The van der Waals surface area contributed by atoms with Gasteiger partial charge in [-0.2, -0.15) is 5.10 Å². The van der Waals surface area contributed by atoms with E-state index >= 15 is 0 Å². The first-order valence-electron chi connectivity index (χ1n) is 14.8. The van der Waals surface area contributed by atoms with Crippen LogP contribution in [0.3, 0.4) is 0 Å². The molecule has 0 aliphatic heterocycles. The number of benzene rings is 2. The Morgan fingerprint density at radius 1 is 0.763 bits per heavy atom. The second-order valence-electron chi connectivity index (χ2n) is 10.3. The molecule has 0 aliphatic rings. The van der Waals surface area contributed by atoms with Crippen molar-refractivity contribution in [3.05, 3.63) is 65.2 Å². The average Bonchev–Trinajstić information content (AvgIpc) is 2.92. The molecule has 0 heterocycles. The van der Waals surface area contributed by atoms with Crippen LogP contribution in [0.25, 0.3) is 0 Å². The minimum absolute atomic E-state index is 0.0559. The quantitative estimate of drug-likeness (QED) is 0.0623. The van der Waals surface area contributed by atoms with Crippen molar-refractivity contribution < 1.29 is 14.3 Å². The molecule has 0 fully saturated rings. The van der Waals surface area contributed by atoms with E-state index < -0.39 is 0 Å². The molecule has 0 atom stereocenters. The number of rotatable bonds is 20. The molecule has 2 aromatic rings. The lowest BCUT2D eigenvalue weighted by atomic mass is 10.0. The van der Waals surface area contributed by atoms with Crippen molar-refractivity contribution in [3.63, 3.8) is 0 Å². The number of carbonyl (C=O) groups excluding carboxylic acids is 2. The molecule has 2 aromatic carbocycles. The van der Waals surface area contributed by atoms with Gasteiger partial charge < -0.3 is 4.74 Å². The lowest BCUT2D eigenvalue weighted by Crippen LogP contribution is -2.16. The maximum atomic E-state index is 12.3. The molecule has 208 valence electrons. The molecule has 5 heteroatoms. The predicted molar refractivity (Wildman–Crippen MR) is 158 cm³/mol. The number of esters is 1. The van der Waals surface area contributed by atoms with Crippen molar-refractivity contribution in [2.45, 2.75) is 117 Å². The maximum Gasteiger partial charge on any atom is 0.343 e. The van der Waals surface area contributed by atoms with E-state index in [1.165, 1.54) is 83.5 Å². The zero-order chi connectivity index (χ0) is 27.3. The fraction of sp³-hybridized carbons (Fsp3) is 0.545. The number of ether oxygens (including phenoxy) is 1. The third-order valence-corrected chi connectivity index (χ3v) is 6.75. The first-order valence-corrected chi connectivity index (χ1v) is 14.8. The summed E-state index contributed by atoms with van der Waals surface area (Å²) in [4.78, 5) is 24.3. The Morgan fingerprint density at radius 2 is 1.32 bits per heavy atom. The summed E-state index contributed by atoms with van der Waals surface area (Å²) >= 11 is 0. The van der Waals surface area contributed by atoms with Gasteiger partial charge in [0.2, 0.25) is 5.91 Å². The van der Waals surface area contributed by atoms with E-state index in [1.54, 1.807) is 42.6 Å². The van der Waals surface area contributed by atoms with Crippen LogP contribution in [0, 0.1) is 6.92 Å². The molecule has 1 N–H and O–H groups in total. The SMILES string of the molecule is CCCCCCCCCCCCCCCCCC(=O)NN=Cc1ccc(OC(=O)c2cccc(C)c2)cc1. The Balaban J connectivity index is 1.46. The third kappa shape index (κ3) is 14.7. The van der Waals surface area contributed by atoms with Crippen molar-refractivity contribution in [1.82, 2.24) is 5.43 Å². The lowest BCUT2D eigenvalue weighted by Gasteiger charge is -2.05. The largest absolute Gasteiger partial charge is 0.423 e. The standard InChI is InChI=1S/C33H48N2O3/c1-3-4-5-6-7-8-9-10-11-12-13-14-15-16-17-21-32(36)35-34-27-29-22-24-31(25-23-29)38-33(37)30-20-18-19-28(2)26-30/h18-20,22-27H,3-17,21H2,1-2H3,(H,35,36). The summed E-state index contributed by atoms with van der Waals surface area (Å²) in [5.41, 5.74) is 4.94. The number of nitrogens with zero attached hydrogens (tertiary/aromatic N) is 1. The number of nitrogens with one attached hydrogen (secondary N) is 1. The minimum atomic E-state index is -0.388. The van der Waals surface area contributed by atoms with Crippen LogP contribution in [0.1, 0.15) is 131 Å². The molecule has 0 spiro atoms. The molecule has 0 saturated heterocycles. The summed E-state index contributed by atoms with van der Waals surface area (Å²) < 4.78 is 5.42. The molecular weight excluding hydrogens is 472 g/mol. The van der Waals surface area contributed by atoms with E-state index in [2.05, 4.69) is 17.5 Å². The van der Waals surface area contributed by atoms with Crippen LogP contribution in [0.4, 0.5) is 0 Å². The average molecular weight is 521 g/mol. The topological polar surface area (TPSA) is 67.8 Å². The zero-order valence-electron chi connectivity index (χ0n) is 23.7. The van der Waals surface area contributed by atoms with Crippen LogP contribution in [-0.2, 0) is 4.79 Å². The Kier molecular flexibility index (Phi) is 16.5. The molecule has 0 radical (unpaired) electrons. The highest BCUT2D eigenvalue weighted by molar-refractivity contribution is 5.91. The summed E-state index contributed by atoms with van der Waals surface area (Å²) in [6.07, 6.45) is 21.8. The lowest BCUT2D eigenvalue weighted by molar-refractivity contribution is -0.121. The van der Waals surface area contributed by atoms with Gasteiger partial charge in [-0.3, -0.25) is 4.79 Å². The number of aryl methyl sites for hydroxylation is 1. The monoisotopic (exact) mass is 520 g/mol. The molecule has 0 unspecified atom stereocenters. The number of hydrogen-bond donors (Lipinski definition) is 1. The van der Waals surface area contributed by atoms with Crippen LogP contribution < -0.4 is 10.2 Å². The number of carbonyl (C=O) groups is 2. The fourth-order valence-electron chi connectivity index (χ4n) is 4.45.